The molecule has 0 radical (unpaired) electrons. The van der Waals surface area contributed by atoms with E-state index in [0.29, 0.717) is 9.80 Å². The second-order valence-electron chi connectivity index (χ2n) is 7.48. The fourth-order valence-corrected chi connectivity index (χ4v) is 3.79. The van der Waals surface area contributed by atoms with Crippen LogP contribution in [-0.4, -0.2) is 48.8 Å². The minimum absolute atomic E-state index is 0.00815. The molecule has 2 aromatic carbocycles. The van der Waals surface area contributed by atoms with E-state index in [2.05, 4.69) is 25.3 Å². The number of hydrogen-bond donors (Lipinski definition) is 2. The van der Waals surface area contributed by atoms with Gasteiger partial charge < -0.3 is 9.80 Å². The second-order valence-corrected chi connectivity index (χ2v) is 8.38. The molecule has 0 N–H and O–H groups in total. The lowest BCUT2D eigenvalue weighted by atomic mass is 9.81. The van der Waals surface area contributed by atoms with Crippen LogP contribution in [0, 0.1) is 5.41 Å². The molecule has 0 bridgehead atoms. The Bertz CT molecular complexity index is 892. The van der Waals surface area contributed by atoms with Gasteiger partial charge in [0.2, 0.25) is 0 Å². The number of rotatable bonds is 10. The van der Waals surface area contributed by atoms with Crippen molar-refractivity contribution in [2.75, 3.05) is 34.4 Å². The molecule has 192 valence electrons. The summed E-state index contributed by atoms with van der Waals surface area (Å²) in [5, 5.41) is 0. The van der Waals surface area contributed by atoms with E-state index in [1.54, 1.807) is 0 Å². The lowest BCUT2D eigenvalue weighted by molar-refractivity contribution is -0.310. The Hall–Kier alpha value is -2.34. The fourth-order valence-electron chi connectivity index (χ4n) is 3.51. The summed E-state index contributed by atoms with van der Waals surface area (Å²) < 4.78 is 87.1. The summed E-state index contributed by atoms with van der Waals surface area (Å²) in [4.78, 5) is 27.5. The first-order valence-corrected chi connectivity index (χ1v) is 11.8. The number of thiol groups is 2. The number of amides is 2. The van der Waals surface area contributed by atoms with Crippen molar-refractivity contribution < 1.29 is 35.9 Å². The van der Waals surface area contributed by atoms with Crippen molar-refractivity contribution >= 4 is 48.4 Å². The molecule has 12 heteroatoms. The zero-order valence-electron chi connectivity index (χ0n) is 18.4. The molecule has 2 rings (SSSR count). The topological polar surface area (TPSA) is 40.6 Å². The third kappa shape index (κ3) is 6.08. The zero-order chi connectivity index (χ0) is 26.3. The average Bonchev–Trinajstić information content (AvgIpc) is 2.79. The lowest BCUT2D eigenvalue weighted by Gasteiger charge is -2.41. The standard InChI is InChI=1S/C23H24F6N2O2S2/c24-22(25,26)21(23(27,28)29,19(32)30(13-7-15-34)17-9-3-1-4-10-17)20(33)31(14-8-16-35)18-11-5-2-6-12-18/h1-6,9-12,34-35H,7-8,13-16H2. The molecular formula is C23H24F6N2O2S2. The van der Waals surface area contributed by atoms with Crippen molar-refractivity contribution in [1.82, 2.24) is 0 Å². The largest absolute Gasteiger partial charge is 0.421 e. The number of hydrogen-bond acceptors (Lipinski definition) is 4. The predicted molar refractivity (Wildman–Crippen MR) is 129 cm³/mol. The number of halogens is 6. The van der Waals surface area contributed by atoms with E-state index in [-0.39, 0.29) is 35.7 Å². The molecular weight excluding hydrogens is 514 g/mol. The molecule has 0 heterocycles. The van der Waals surface area contributed by atoms with Crippen molar-refractivity contribution in [2.45, 2.75) is 25.2 Å². The molecule has 4 nitrogen and oxygen atoms in total. The van der Waals surface area contributed by atoms with E-state index in [1.165, 1.54) is 60.7 Å². The zero-order valence-corrected chi connectivity index (χ0v) is 20.2. The molecule has 0 spiro atoms. The van der Waals surface area contributed by atoms with Gasteiger partial charge in [0, 0.05) is 24.5 Å². The fraction of sp³-hybridized carbons (Fsp3) is 0.391. The number of nitrogens with zero attached hydrogens (tertiary/aromatic N) is 2. The minimum atomic E-state index is -6.29. The van der Waals surface area contributed by atoms with Gasteiger partial charge in [-0.1, -0.05) is 36.4 Å². The predicted octanol–water partition coefficient (Wildman–Crippen LogP) is 5.80. The third-order valence-corrected chi connectivity index (χ3v) is 5.83. The summed E-state index contributed by atoms with van der Waals surface area (Å²) in [6.45, 7) is -1.01. The number of para-hydroxylation sites is 2. The first kappa shape index (κ1) is 28.9. The van der Waals surface area contributed by atoms with Crippen molar-refractivity contribution in [3.63, 3.8) is 0 Å². The number of anilines is 2. The molecule has 0 saturated heterocycles. The van der Waals surface area contributed by atoms with Gasteiger partial charge in [0.25, 0.3) is 11.8 Å². The highest BCUT2D eigenvalue weighted by Crippen LogP contribution is 2.53. The molecule has 2 aromatic rings. The van der Waals surface area contributed by atoms with Gasteiger partial charge >= 0.3 is 17.8 Å². The Morgan fingerprint density at radius 2 is 0.943 bits per heavy atom. The average molecular weight is 539 g/mol. The summed E-state index contributed by atoms with van der Waals surface area (Å²) in [6.07, 6.45) is -12.6. The number of carbonyl (C=O) groups excluding carboxylic acids is 2. The Kier molecular flexibility index (Phi) is 9.96. The van der Waals surface area contributed by atoms with Crippen molar-refractivity contribution in [2.24, 2.45) is 5.41 Å². The van der Waals surface area contributed by atoms with Crippen LogP contribution in [0.25, 0.3) is 0 Å². The van der Waals surface area contributed by atoms with E-state index < -0.39 is 42.7 Å². The van der Waals surface area contributed by atoms with Gasteiger partial charge in [-0.25, -0.2) is 0 Å². The van der Waals surface area contributed by atoms with Crippen LogP contribution in [0.5, 0.6) is 0 Å². The van der Waals surface area contributed by atoms with E-state index in [4.69, 9.17) is 0 Å². The molecule has 2 amide bonds. The van der Waals surface area contributed by atoms with Crippen LogP contribution >= 0.6 is 25.3 Å². The van der Waals surface area contributed by atoms with Crippen molar-refractivity contribution in [3.05, 3.63) is 60.7 Å². The summed E-state index contributed by atoms with van der Waals surface area (Å²) in [7, 11) is 0. The quantitative estimate of drug-likeness (QED) is 0.228. The highest BCUT2D eigenvalue weighted by Gasteiger charge is 2.81. The van der Waals surface area contributed by atoms with Crippen LogP contribution in [0.15, 0.2) is 60.7 Å². The van der Waals surface area contributed by atoms with E-state index in [1.807, 2.05) is 0 Å². The highest BCUT2D eigenvalue weighted by atomic mass is 32.1. The minimum Gasteiger partial charge on any atom is -0.311 e. The van der Waals surface area contributed by atoms with Crippen LogP contribution < -0.4 is 9.80 Å². The highest BCUT2D eigenvalue weighted by molar-refractivity contribution is 7.80. The van der Waals surface area contributed by atoms with Crippen LogP contribution in [0.2, 0.25) is 0 Å². The van der Waals surface area contributed by atoms with Gasteiger partial charge in [-0.2, -0.15) is 51.6 Å². The number of carbonyl (C=O) groups is 2. The maximum Gasteiger partial charge on any atom is 0.421 e. The van der Waals surface area contributed by atoms with Gasteiger partial charge in [-0.05, 0) is 48.6 Å². The first-order valence-electron chi connectivity index (χ1n) is 10.5. The number of benzene rings is 2. The third-order valence-electron chi connectivity index (χ3n) is 5.20. The Morgan fingerprint density at radius 3 is 1.20 bits per heavy atom. The maximum absolute atomic E-state index is 14.5. The Morgan fingerprint density at radius 1 is 0.629 bits per heavy atom. The molecule has 35 heavy (non-hydrogen) atoms. The van der Waals surface area contributed by atoms with Crippen molar-refractivity contribution in [3.8, 4) is 0 Å². The maximum atomic E-state index is 14.5. The van der Waals surface area contributed by atoms with Crippen LogP contribution in [0.1, 0.15) is 12.8 Å². The van der Waals surface area contributed by atoms with Crippen molar-refractivity contribution in [1.29, 1.82) is 0 Å². The summed E-state index contributed by atoms with van der Waals surface area (Å²) in [6, 6.07) is 13.3. The van der Waals surface area contributed by atoms with Crippen LogP contribution in [-0.2, 0) is 9.59 Å². The van der Waals surface area contributed by atoms with Gasteiger partial charge in [0.15, 0.2) is 0 Å². The molecule has 0 aromatic heterocycles. The molecule has 0 saturated carbocycles. The molecule has 0 aliphatic carbocycles. The first-order chi connectivity index (χ1) is 16.4. The SMILES string of the molecule is O=C(N(CCCS)c1ccccc1)C(C(=O)N(CCCS)c1ccccc1)(C(F)(F)F)C(F)(F)F. The second kappa shape index (κ2) is 12.1. The van der Waals surface area contributed by atoms with Crippen LogP contribution in [0.4, 0.5) is 37.7 Å². The normalized spacial score (nSPS) is 12.3. The van der Waals surface area contributed by atoms with Crippen LogP contribution in [0.3, 0.4) is 0 Å². The summed E-state index contributed by atoms with van der Waals surface area (Å²) in [5.74, 6) is -4.65. The molecule has 0 fully saturated rings. The smallest absolute Gasteiger partial charge is 0.311 e. The number of alkyl halides is 6. The van der Waals surface area contributed by atoms with Gasteiger partial charge in [0.05, 0.1) is 0 Å². The molecule has 0 aliphatic heterocycles. The molecule has 0 unspecified atom stereocenters. The monoisotopic (exact) mass is 538 g/mol. The van der Waals surface area contributed by atoms with Gasteiger partial charge in [0.1, 0.15) is 0 Å². The Labute approximate surface area is 210 Å². The Balaban J connectivity index is 2.80. The van der Waals surface area contributed by atoms with Gasteiger partial charge in [-0.15, -0.1) is 0 Å². The lowest BCUT2D eigenvalue weighted by Crippen LogP contribution is -2.68. The summed E-state index contributed by atoms with van der Waals surface area (Å²) in [5.41, 5.74) is -5.74. The van der Waals surface area contributed by atoms with E-state index >= 15 is 0 Å². The van der Waals surface area contributed by atoms with E-state index in [0.717, 1.165) is 0 Å². The summed E-state index contributed by atoms with van der Waals surface area (Å²) >= 11 is 7.91. The molecule has 0 aliphatic rings. The van der Waals surface area contributed by atoms with E-state index in [9.17, 15) is 35.9 Å². The van der Waals surface area contributed by atoms with Gasteiger partial charge in [-0.3, -0.25) is 9.59 Å². The molecule has 0 atom stereocenters.